The van der Waals surface area contributed by atoms with E-state index in [0.717, 1.165) is 5.82 Å². The summed E-state index contributed by atoms with van der Waals surface area (Å²) < 4.78 is 0. The molecule has 1 rings (SSSR count). The first-order valence-corrected chi connectivity index (χ1v) is 5.40. The SMILES string of the molecule is C[C@H](NC(N)=O)C(=O)Nc1ccc(N(C)C)nc1. The monoisotopic (exact) mass is 251 g/mol. The van der Waals surface area contributed by atoms with Crippen molar-refractivity contribution >= 4 is 23.4 Å². The third-order valence-corrected chi connectivity index (χ3v) is 2.23. The van der Waals surface area contributed by atoms with Gasteiger partial charge in [0.05, 0.1) is 11.9 Å². The maximum Gasteiger partial charge on any atom is 0.312 e. The molecule has 7 nitrogen and oxygen atoms in total. The van der Waals surface area contributed by atoms with Gasteiger partial charge in [0.2, 0.25) is 5.91 Å². The quantitative estimate of drug-likeness (QED) is 0.708. The summed E-state index contributed by atoms with van der Waals surface area (Å²) in [4.78, 5) is 28.2. The minimum absolute atomic E-state index is 0.354. The Kier molecular flexibility index (Phi) is 4.47. The number of nitrogens with two attached hydrogens (primary N) is 1. The molecule has 7 heteroatoms. The lowest BCUT2D eigenvalue weighted by atomic mass is 10.3. The molecule has 1 aromatic heterocycles. The average molecular weight is 251 g/mol. The molecule has 0 saturated carbocycles. The highest BCUT2D eigenvalue weighted by Gasteiger charge is 2.14. The number of nitrogens with zero attached hydrogens (tertiary/aromatic N) is 2. The Morgan fingerprint density at radius 1 is 1.39 bits per heavy atom. The van der Waals surface area contributed by atoms with Gasteiger partial charge in [-0.3, -0.25) is 4.79 Å². The molecule has 0 unspecified atom stereocenters. The largest absolute Gasteiger partial charge is 0.363 e. The molecule has 1 aromatic rings. The van der Waals surface area contributed by atoms with Crippen LogP contribution in [-0.4, -0.2) is 37.1 Å². The van der Waals surface area contributed by atoms with Crippen LogP contribution in [0.1, 0.15) is 6.92 Å². The van der Waals surface area contributed by atoms with Crippen molar-refractivity contribution in [1.29, 1.82) is 0 Å². The topological polar surface area (TPSA) is 100 Å². The summed E-state index contributed by atoms with van der Waals surface area (Å²) in [6, 6.07) is 2.08. The summed E-state index contributed by atoms with van der Waals surface area (Å²) in [5.74, 6) is 0.435. The van der Waals surface area contributed by atoms with Crippen molar-refractivity contribution in [2.24, 2.45) is 5.73 Å². The van der Waals surface area contributed by atoms with E-state index in [-0.39, 0.29) is 5.91 Å². The molecule has 1 atom stereocenters. The van der Waals surface area contributed by atoms with E-state index in [1.165, 1.54) is 0 Å². The van der Waals surface area contributed by atoms with Gasteiger partial charge in [-0.2, -0.15) is 0 Å². The first kappa shape index (κ1) is 13.8. The van der Waals surface area contributed by atoms with Crippen LogP contribution in [0, 0.1) is 0 Å². The van der Waals surface area contributed by atoms with Crippen molar-refractivity contribution in [1.82, 2.24) is 10.3 Å². The highest BCUT2D eigenvalue weighted by molar-refractivity contribution is 5.96. The molecule has 0 aliphatic carbocycles. The van der Waals surface area contributed by atoms with Crippen molar-refractivity contribution in [3.05, 3.63) is 18.3 Å². The molecular weight excluding hydrogens is 234 g/mol. The maximum absolute atomic E-state index is 11.6. The summed E-state index contributed by atoms with van der Waals surface area (Å²) in [5.41, 5.74) is 5.49. The van der Waals surface area contributed by atoms with Crippen LogP contribution in [0.2, 0.25) is 0 Å². The number of nitrogens with one attached hydrogen (secondary N) is 2. The average Bonchev–Trinajstić information content (AvgIpc) is 2.28. The van der Waals surface area contributed by atoms with Crippen molar-refractivity contribution in [3.63, 3.8) is 0 Å². The lowest BCUT2D eigenvalue weighted by molar-refractivity contribution is -0.117. The van der Waals surface area contributed by atoms with E-state index in [4.69, 9.17) is 5.73 Å². The predicted octanol–water partition coefficient (Wildman–Crippen LogP) is 0.143. The van der Waals surface area contributed by atoms with Crippen molar-refractivity contribution < 1.29 is 9.59 Å². The molecule has 0 aliphatic heterocycles. The van der Waals surface area contributed by atoms with E-state index >= 15 is 0 Å². The van der Waals surface area contributed by atoms with E-state index in [9.17, 15) is 9.59 Å². The fourth-order valence-corrected chi connectivity index (χ4v) is 1.25. The molecule has 18 heavy (non-hydrogen) atoms. The minimum atomic E-state index is -0.737. The summed E-state index contributed by atoms with van der Waals surface area (Å²) in [5, 5.41) is 4.91. The number of hydrogen-bond acceptors (Lipinski definition) is 4. The Hall–Kier alpha value is -2.31. The molecule has 0 bridgehead atoms. The van der Waals surface area contributed by atoms with Crippen LogP contribution in [0.4, 0.5) is 16.3 Å². The number of amides is 3. The van der Waals surface area contributed by atoms with Gasteiger partial charge in [0.1, 0.15) is 11.9 Å². The molecule has 0 aromatic carbocycles. The molecule has 0 saturated heterocycles. The normalized spacial score (nSPS) is 11.5. The predicted molar refractivity (Wildman–Crippen MR) is 69.4 cm³/mol. The standard InChI is InChI=1S/C11H17N5O2/c1-7(14-11(12)18)10(17)15-8-4-5-9(13-6-8)16(2)3/h4-7H,1-3H3,(H,15,17)(H3,12,14,18)/t7-/m0/s1. The zero-order valence-corrected chi connectivity index (χ0v) is 10.6. The first-order valence-electron chi connectivity index (χ1n) is 5.40. The van der Waals surface area contributed by atoms with Crippen molar-refractivity contribution in [3.8, 4) is 0 Å². The van der Waals surface area contributed by atoms with Crippen LogP contribution in [0.15, 0.2) is 18.3 Å². The van der Waals surface area contributed by atoms with Crippen LogP contribution < -0.4 is 21.3 Å². The van der Waals surface area contributed by atoms with Crippen LogP contribution >= 0.6 is 0 Å². The second-order valence-corrected chi connectivity index (χ2v) is 4.02. The zero-order valence-electron chi connectivity index (χ0n) is 10.6. The van der Waals surface area contributed by atoms with Crippen LogP contribution in [-0.2, 0) is 4.79 Å². The summed E-state index contributed by atoms with van der Waals surface area (Å²) in [7, 11) is 3.75. The minimum Gasteiger partial charge on any atom is -0.363 e. The molecule has 3 amide bonds. The number of primary amides is 1. The molecule has 98 valence electrons. The van der Waals surface area contributed by atoms with E-state index < -0.39 is 12.1 Å². The van der Waals surface area contributed by atoms with Crippen LogP contribution in [0.5, 0.6) is 0 Å². The van der Waals surface area contributed by atoms with Gasteiger partial charge in [0, 0.05) is 14.1 Å². The Labute approximate surface area is 105 Å². The third-order valence-electron chi connectivity index (χ3n) is 2.23. The Morgan fingerprint density at radius 2 is 2.06 bits per heavy atom. The van der Waals surface area contributed by atoms with Crippen LogP contribution in [0.3, 0.4) is 0 Å². The Morgan fingerprint density at radius 3 is 2.50 bits per heavy atom. The first-order chi connectivity index (χ1) is 8.40. The van der Waals surface area contributed by atoms with Gasteiger partial charge >= 0.3 is 6.03 Å². The van der Waals surface area contributed by atoms with Crippen molar-refractivity contribution in [2.75, 3.05) is 24.3 Å². The molecule has 1 heterocycles. The van der Waals surface area contributed by atoms with Gasteiger partial charge in [0.25, 0.3) is 0 Å². The highest BCUT2D eigenvalue weighted by Crippen LogP contribution is 2.11. The van der Waals surface area contributed by atoms with Gasteiger partial charge in [-0.05, 0) is 19.1 Å². The Bertz CT molecular complexity index is 430. The van der Waals surface area contributed by atoms with E-state index in [1.54, 1.807) is 25.3 Å². The van der Waals surface area contributed by atoms with Crippen molar-refractivity contribution in [2.45, 2.75) is 13.0 Å². The number of carbonyl (C=O) groups excluding carboxylic acids is 2. The Balaban J connectivity index is 2.62. The molecule has 4 N–H and O–H groups in total. The fourth-order valence-electron chi connectivity index (χ4n) is 1.25. The molecule has 0 fully saturated rings. The number of aromatic nitrogens is 1. The van der Waals surface area contributed by atoms with Gasteiger partial charge in [-0.25, -0.2) is 9.78 Å². The maximum atomic E-state index is 11.6. The highest BCUT2D eigenvalue weighted by atomic mass is 16.2. The van der Waals surface area contributed by atoms with Gasteiger partial charge < -0.3 is 21.3 Å². The van der Waals surface area contributed by atoms with E-state index in [2.05, 4.69) is 15.6 Å². The fraction of sp³-hybridized carbons (Fsp3) is 0.364. The second kappa shape index (κ2) is 5.85. The number of rotatable bonds is 4. The second-order valence-electron chi connectivity index (χ2n) is 4.02. The molecule has 0 aliphatic rings. The lowest BCUT2D eigenvalue weighted by Crippen LogP contribution is -2.44. The van der Waals surface area contributed by atoms with Crippen LogP contribution in [0.25, 0.3) is 0 Å². The third kappa shape index (κ3) is 3.93. The van der Waals surface area contributed by atoms with E-state index in [1.807, 2.05) is 19.0 Å². The van der Waals surface area contributed by atoms with Gasteiger partial charge in [-0.15, -0.1) is 0 Å². The number of urea groups is 1. The number of pyridine rings is 1. The lowest BCUT2D eigenvalue weighted by Gasteiger charge is -2.14. The number of carbonyl (C=O) groups is 2. The molecular formula is C11H17N5O2. The number of hydrogen-bond donors (Lipinski definition) is 3. The molecule has 0 radical (unpaired) electrons. The van der Waals surface area contributed by atoms with E-state index in [0.29, 0.717) is 5.69 Å². The van der Waals surface area contributed by atoms with Gasteiger partial charge in [-0.1, -0.05) is 0 Å². The summed E-state index contributed by atoms with van der Waals surface area (Å²) in [6.45, 7) is 1.54. The molecule has 0 spiro atoms. The smallest absolute Gasteiger partial charge is 0.312 e. The zero-order chi connectivity index (χ0) is 13.7. The number of anilines is 2. The summed E-state index contributed by atoms with van der Waals surface area (Å²) >= 11 is 0. The summed E-state index contributed by atoms with van der Waals surface area (Å²) in [6.07, 6.45) is 1.55. The van der Waals surface area contributed by atoms with Gasteiger partial charge in [0.15, 0.2) is 0 Å².